The molecule has 0 aliphatic heterocycles. The zero-order valence-corrected chi connectivity index (χ0v) is 13.3. The summed E-state index contributed by atoms with van der Waals surface area (Å²) in [6, 6.07) is 12.8. The van der Waals surface area contributed by atoms with Crippen LogP contribution in [0.2, 0.25) is 0 Å². The van der Waals surface area contributed by atoms with Gasteiger partial charge in [-0.05, 0) is 50.1 Å². The maximum atomic E-state index is 14.0. The first kappa shape index (κ1) is 16.2. The number of carbonyl (C=O) groups excluding carboxylic acids is 2. The molecule has 0 atom stereocenters. The summed E-state index contributed by atoms with van der Waals surface area (Å²) >= 11 is 0. The van der Waals surface area contributed by atoms with Crippen molar-refractivity contribution in [1.82, 2.24) is 0 Å². The highest BCUT2D eigenvalue weighted by atomic mass is 19.1. The average molecular weight is 327 g/mol. The number of carbonyl (C=O) groups is 2. The Labute approximate surface area is 139 Å². The van der Waals surface area contributed by atoms with Gasteiger partial charge in [-0.3, -0.25) is 4.79 Å². The largest absolute Gasteiger partial charge is 0.462 e. The van der Waals surface area contributed by atoms with Crippen LogP contribution in [0, 0.1) is 5.82 Å². The van der Waals surface area contributed by atoms with Crippen LogP contribution in [0.1, 0.15) is 35.7 Å². The van der Waals surface area contributed by atoms with Gasteiger partial charge in [0.1, 0.15) is 5.82 Å². The second kappa shape index (κ2) is 6.43. The van der Waals surface area contributed by atoms with Gasteiger partial charge in [-0.1, -0.05) is 18.2 Å². The summed E-state index contributed by atoms with van der Waals surface area (Å²) in [5, 5.41) is 2.81. The lowest BCUT2D eigenvalue weighted by Crippen LogP contribution is -2.28. The third-order valence-corrected chi connectivity index (χ3v) is 4.23. The molecular weight excluding hydrogens is 309 g/mol. The summed E-state index contributed by atoms with van der Waals surface area (Å²) < 4.78 is 18.9. The maximum absolute atomic E-state index is 14.0. The van der Waals surface area contributed by atoms with E-state index >= 15 is 0 Å². The highest BCUT2D eigenvalue weighted by molar-refractivity contribution is 6.01. The number of hydrogen-bond donors (Lipinski definition) is 1. The van der Waals surface area contributed by atoms with E-state index < -0.39 is 11.4 Å². The van der Waals surface area contributed by atoms with Gasteiger partial charge in [-0.25, -0.2) is 9.18 Å². The second-order valence-electron chi connectivity index (χ2n) is 5.81. The standard InChI is InChI=1S/C19H18FNO3/c1-2-24-17(22)13-7-9-14(10-8-13)21-18(23)19(11-12-19)15-5-3-4-6-16(15)20/h3-10H,2,11-12H2,1H3,(H,21,23). The summed E-state index contributed by atoms with van der Waals surface area (Å²) in [6.45, 7) is 2.05. The number of rotatable bonds is 5. The van der Waals surface area contributed by atoms with Crippen molar-refractivity contribution in [2.45, 2.75) is 25.2 Å². The minimum Gasteiger partial charge on any atom is -0.462 e. The lowest BCUT2D eigenvalue weighted by Gasteiger charge is -2.16. The molecule has 5 heteroatoms. The number of nitrogens with one attached hydrogen (secondary N) is 1. The molecule has 1 aliphatic rings. The summed E-state index contributed by atoms with van der Waals surface area (Å²) in [4.78, 5) is 24.2. The molecule has 4 nitrogen and oxygen atoms in total. The minimum absolute atomic E-state index is 0.225. The lowest BCUT2D eigenvalue weighted by molar-refractivity contribution is -0.118. The van der Waals surface area contributed by atoms with Gasteiger partial charge in [0.15, 0.2) is 0 Å². The number of ether oxygens (including phenoxy) is 1. The molecule has 0 saturated heterocycles. The van der Waals surface area contributed by atoms with Gasteiger partial charge in [0.2, 0.25) is 5.91 Å². The van der Waals surface area contributed by atoms with Crippen LogP contribution in [0.15, 0.2) is 48.5 Å². The van der Waals surface area contributed by atoms with Crippen LogP contribution < -0.4 is 5.32 Å². The van der Waals surface area contributed by atoms with Crippen LogP contribution in [0.25, 0.3) is 0 Å². The van der Waals surface area contributed by atoms with Gasteiger partial charge in [0.05, 0.1) is 17.6 Å². The highest BCUT2D eigenvalue weighted by Gasteiger charge is 2.52. The number of esters is 1. The molecular formula is C19H18FNO3. The summed E-state index contributed by atoms with van der Waals surface area (Å²) in [7, 11) is 0. The molecule has 1 amide bonds. The van der Waals surface area contributed by atoms with Gasteiger partial charge < -0.3 is 10.1 Å². The Morgan fingerprint density at radius 1 is 1.12 bits per heavy atom. The first-order chi connectivity index (χ1) is 11.6. The van der Waals surface area contributed by atoms with E-state index in [1.54, 1.807) is 49.4 Å². The Morgan fingerprint density at radius 3 is 2.38 bits per heavy atom. The Balaban J connectivity index is 1.73. The Morgan fingerprint density at radius 2 is 1.79 bits per heavy atom. The van der Waals surface area contributed by atoms with Gasteiger partial charge >= 0.3 is 5.97 Å². The van der Waals surface area contributed by atoms with Gasteiger partial charge in [-0.2, -0.15) is 0 Å². The van der Waals surface area contributed by atoms with E-state index in [1.165, 1.54) is 6.07 Å². The van der Waals surface area contributed by atoms with E-state index in [4.69, 9.17) is 4.74 Å². The first-order valence-electron chi connectivity index (χ1n) is 7.90. The Kier molecular flexibility index (Phi) is 4.34. The molecule has 0 aromatic heterocycles. The van der Waals surface area contributed by atoms with Crippen molar-refractivity contribution in [3.8, 4) is 0 Å². The zero-order chi connectivity index (χ0) is 17.2. The Bertz CT molecular complexity index is 766. The molecule has 0 heterocycles. The van der Waals surface area contributed by atoms with Crippen molar-refractivity contribution in [2.75, 3.05) is 11.9 Å². The van der Waals surface area contributed by atoms with E-state index in [2.05, 4.69) is 5.32 Å². The van der Waals surface area contributed by atoms with E-state index in [-0.39, 0.29) is 11.7 Å². The predicted molar refractivity (Wildman–Crippen MR) is 88.3 cm³/mol. The molecule has 0 unspecified atom stereocenters. The molecule has 3 rings (SSSR count). The molecule has 1 N–H and O–H groups in total. The predicted octanol–water partition coefficient (Wildman–Crippen LogP) is 3.67. The SMILES string of the molecule is CCOC(=O)c1ccc(NC(=O)C2(c3ccccc3F)CC2)cc1. The smallest absolute Gasteiger partial charge is 0.338 e. The summed E-state index contributed by atoms with van der Waals surface area (Å²) in [5.74, 6) is -0.986. The van der Waals surface area contributed by atoms with Crippen LogP contribution in [-0.4, -0.2) is 18.5 Å². The molecule has 1 saturated carbocycles. The van der Waals surface area contributed by atoms with E-state index in [1.807, 2.05) is 0 Å². The van der Waals surface area contributed by atoms with Crippen molar-refractivity contribution in [3.63, 3.8) is 0 Å². The number of hydrogen-bond acceptors (Lipinski definition) is 3. The monoisotopic (exact) mass is 327 g/mol. The highest BCUT2D eigenvalue weighted by Crippen LogP contribution is 2.49. The second-order valence-corrected chi connectivity index (χ2v) is 5.81. The first-order valence-corrected chi connectivity index (χ1v) is 7.90. The fraction of sp³-hybridized carbons (Fsp3) is 0.263. The van der Waals surface area contributed by atoms with E-state index in [0.29, 0.717) is 36.3 Å². The van der Waals surface area contributed by atoms with E-state index in [9.17, 15) is 14.0 Å². The molecule has 0 radical (unpaired) electrons. The van der Waals surface area contributed by atoms with Gasteiger partial charge in [0.25, 0.3) is 0 Å². The molecule has 1 aliphatic carbocycles. The molecule has 2 aromatic rings. The molecule has 2 aromatic carbocycles. The summed E-state index contributed by atoms with van der Waals surface area (Å²) in [6.07, 6.45) is 1.25. The Hall–Kier alpha value is -2.69. The summed E-state index contributed by atoms with van der Waals surface area (Å²) in [5.41, 5.74) is 0.636. The quantitative estimate of drug-likeness (QED) is 0.853. The third-order valence-electron chi connectivity index (χ3n) is 4.23. The van der Waals surface area contributed by atoms with Crippen molar-refractivity contribution in [1.29, 1.82) is 0 Å². The fourth-order valence-electron chi connectivity index (χ4n) is 2.75. The van der Waals surface area contributed by atoms with Crippen LogP contribution in [0.5, 0.6) is 0 Å². The maximum Gasteiger partial charge on any atom is 0.338 e. The zero-order valence-electron chi connectivity index (χ0n) is 13.3. The van der Waals surface area contributed by atoms with Crippen molar-refractivity contribution in [3.05, 3.63) is 65.5 Å². The van der Waals surface area contributed by atoms with Crippen molar-refractivity contribution < 1.29 is 18.7 Å². The molecule has 1 fully saturated rings. The fourth-order valence-corrected chi connectivity index (χ4v) is 2.75. The van der Waals surface area contributed by atoms with Crippen LogP contribution in [-0.2, 0) is 14.9 Å². The minimum atomic E-state index is -0.787. The van der Waals surface area contributed by atoms with Crippen LogP contribution in [0.3, 0.4) is 0 Å². The number of amides is 1. The molecule has 0 bridgehead atoms. The molecule has 0 spiro atoms. The molecule has 124 valence electrons. The third kappa shape index (κ3) is 3.02. The van der Waals surface area contributed by atoms with Gasteiger partial charge in [-0.15, -0.1) is 0 Å². The van der Waals surface area contributed by atoms with Gasteiger partial charge in [0, 0.05) is 11.3 Å². The van der Waals surface area contributed by atoms with E-state index in [0.717, 1.165) is 0 Å². The van der Waals surface area contributed by atoms with Crippen molar-refractivity contribution >= 4 is 17.6 Å². The molecule has 24 heavy (non-hydrogen) atoms. The topological polar surface area (TPSA) is 55.4 Å². The van der Waals surface area contributed by atoms with Crippen LogP contribution in [0.4, 0.5) is 10.1 Å². The van der Waals surface area contributed by atoms with Crippen molar-refractivity contribution in [2.24, 2.45) is 0 Å². The normalized spacial score (nSPS) is 14.8. The lowest BCUT2D eigenvalue weighted by atomic mass is 9.94. The number of benzene rings is 2. The number of halogens is 1. The van der Waals surface area contributed by atoms with Crippen LogP contribution >= 0.6 is 0 Å². The number of anilines is 1. The average Bonchev–Trinajstić information content (AvgIpc) is 3.38.